The molecular weight excluding hydrogens is 530 g/mol. The number of halogens is 1. The molecule has 0 unspecified atom stereocenters. The van der Waals surface area contributed by atoms with Gasteiger partial charge in [0, 0.05) is 31.6 Å². The van der Waals surface area contributed by atoms with Crippen LogP contribution in [-0.2, 0) is 4.79 Å². The number of carbonyl (C=O) groups is 1. The fraction of sp³-hybridized carbons (Fsp3) is 0.200. The SMILES string of the molecule is C#CN(CCC#N)c1cc(NC(C)=O)c(N=Nc2c(Br)cc([N+](=O)[O-])cc2[N+](=O)[O-])cc1OC.O. The van der Waals surface area contributed by atoms with Crippen molar-refractivity contribution in [2.75, 3.05) is 23.9 Å². The monoisotopic (exact) mass is 547 g/mol. The van der Waals surface area contributed by atoms with Crippen LogP contribution in [0.4, 0.5) is 34.1 Å². The summed E-state index contributed by atoms with van der Waals surface area (Å²) in [6, 6.07) is 9.09. The van der Waals surface area contributed by atoms with Crippen LogP contribution in [0.2, 0.25) is 0 Å². The predicted octanol–water partition coefficient (Wildman–Crippen LogP) is 4.13. The fourth-order valence-corrected chi connectivity index (χ4v) is 3.26. The second-order valence-corrected chi connectivity index (χ2v) is 7.28. The predicted molar refractivity (Wildman–Crippen MR) is 129 cm³/mol. The van der Waals surface area contributed by atoms with Gasteiger partial charge in [0.1, 0.15) is 11.4 Å². The minimum Gasteiger partial charge on any atom is -0.494 e. The molecular formula is C20H18BrN7O7. The topological polar surface area (TPSA) is 208 Å². The van der Waals surface area contributed by atoms with E-state index in [-0.39, 0.29) is 45.7 Å². The van der Waals surface area contributed by atoms with Gasteiger partial charge in [0.25, 0.3) is 5.69 Å². The maximum atomic E-state index is 11.7. The number of non-ortho nitro benzene ring substituents is 1. The van der Waals surface area contributed by atoms with Gasteiger partial charge in [0.2, 0.25) is 5.91 Å². The molecule has 182 valence electrons. The molecule has 0 fully saturated rings. The second-order valence-electron chi connectivity index (χ2n) is 6.42. The van der Waals surface area contributed by atoms with Crippen molar-refractivity contribution in [3.63, 3.8) is 0 Å². The second kappa shape index (κ2) is 12.6. The minimum atomic E-state index is -0.829. The van der Waals surface area contributed by atoms with Crippen molar-refractivity contribution in [3.8, 4) is 24.3 Å². The number of carbonyl (C=O) groups excluding carboxylic acids is 1. The maximum absolute atomic E-state index is 11.7. The normalized spacial score (nSPS) is 9.97. The molecule has 0 aliphatic heterocycles. The molecule has 2 aromatic rings. The van der Waals surface area contributed by atoms with Gasteiger partial charge in [-0.3, -0.25) is 29.9 Å². The number of amides is 1. The first-order chi connectivity index (χ1) is 16.1. The van der Waals surface area contributed by atoms with Crippen LogP contribution in [0.25, 0.3) is 0 Å². The molecule has 0 aromatic heterocycles. The summed E-state index contributed by atoms with van der Waals surface area (Å²) < 4.78 is 5.33. The number of nitrogens with one attached hydrogen (secondary N) is 1. The van der Waals surface area contributed by atoms with Gasteiger partial charge in [-0.15, -0.1) is 10.2 Å². The van der Waals surface area contributed by atoms with Gasteiger partial charge >= 0.3 is 5.69 Å². The largest absolute Gasteiger partial charge is 0.494 e. The highest BCUT2D eigenvalue weighted by molar-refractivity contribution is 9.10. The standard InChI is InChI=1S/C20H16BrN7O6.H2O/c1-4-26(7-5-6-22)17-10-15(23-12(2)29)16(11-19(17)34-3)24-25-20-14(21)8-13(27(30)31)9-18(20)28(32)33;/h1,8-11H,5,7H2,2-3H3,(H,23,29);1H2. The zero-order chi connectivity index (χ0) is 25.4. The first-order valence-corrected chi connectivity index (χ1v) is 10.1. The van der Waals surface area contributed by atoms with Gasteiger partial charge in [-0.25, -0.2) is 0 Å². The van der Waals surface area contributed by atoms with Crippen LogP contribution in [0, 0.1) is 44.0 Å². The number of anilines is 2. The summed E-state index contributed by atoms with van der Waals surface area (Å²) in [6.45, 7) is 1.45. The molecule has 2 rings (SSSR count). The fourth-order valence-electron chi connectivity index (χ4n) is 2.74. The van der Waals surface area contributed by atoms with Crippen molar-refractivity contribution in [1.29, 1.82) is 5.26 Å². The highest BCUT2D eigenvalue weighted by Crippen LogP contribution is 2.42. The maximum Gasteiger partial charge on any atom is 0.304 e. The third-order valence-electron chi connectivity index (χ3n) is 4.20. The Morgan fingerprint density at radius 1 is 1.26 bits per heavy atom. The zero-order valence-electron chi connectivity index (χ0n) is 18.3. The number of benzene rings is 2. The van der Waals surface area contributed by atoms with E-state index in [1.165, 1.54) is 31.1 Å². The molecule has 1 amide bonds. The lowest BCUT2D eigenvalue weighted by atomic mass is 10.2. The van der Waals surface area contributed by atoms with Crippen LogP contribution in [0.3, 0.4) is 0 Å². The van der Waals surface area contributed by atoms with E-state index in [9.17, 15) is 25.0 Å². The number of hydrogen-bond donors (Lipinski definition) is 1. The number of azo groups is 1. The molecule has 2 aromatic carbocycles. The summed E-state index contributed by atoms with van der Waals surface area (Å²) >= 11 is 3.05. The Hall–Kier alpha value is -4.60. The number of ether oxygens (including phenoxy) is 1. The Bertz CT molecular complexity index is 1270. The Morgan fingerprint density at radius 3 is 2.46 bits per heavy atom. The van der Waals surface area contributed by atoms with Crippen LogP contribution < -0.4 is 15.0 Å². The summed E-state index contributed by atoms with van der Waals surface area (Å²) in [4.78, 5) is 34.0. The van der Waals surface area contributed by atoms with E-state index in [1.54, 1.807) is 0 Å². The molecule has 15 heteroatoms. The van der Waals surface area contributed by atoms with Crippen LogP contribution in [-0.4, -0.2) is 34.9 Å². The van der Waals surface area contributed by atoms with Crippen LogP contribution in [0.15, 0.2) is 39.0 Å². The molecule has 0 aliphatic carbocycles. The van der Waals surface area contributed by atoms with E-state index < -0.39 is 27.1 Å². The van der Waals surface area contributed by atoms with Gasteiger partial charge in [-0.2, -0.15) is 5.26 Å². The summed E-state index contributed by atoms with van der Waals surface area (Å²) in [7, 11) is 1.37. The number of terminal acetylenes is 1. The molecule has 0 atom stereocenters. The first kappa shape index (κ1) is 28.4. The highest BCUT2D eigenvalue weighted by Gasteiger charge is 2.24. The van der Waals surface area contributed by atoms with E-state index in [4.69, 9.17) is 16.4 Å². The van der Waals surface area contributed by atoms with E-state index in [2.05, 4.69) is 37.5 Å². The first-order valence-electron chi connectivity index (χ1n) is 9.27. The quantitative estimate of drug-likeness (QED) is 0.158. The summed E-state index contributed by atoms with van der Waals surface area (Å²) in [5.74, 6) is -0.212. The molecule has 3 N–H and O–H groups in total. The van der Waals surface area contributed by atoms with Crippen molar-refractivity contribution in [1.82, 2.24) is 0 Å². The molecule has 35 heavy (non-hydrogen) atoms. The average molecular weight is 548 g/mol. The molecule has 0 bridgehead atoms. The highest BCUT2D eigenvalue weighted by atomic mass is 79.9. The Kier molecular flexibility index (Phi) is 10.2. The molecule has 0 radical (unpaired) electrons. The lowest BCUT2D eigenvalue weighted by molar-refractivity contribution is -0.393. The van der Waals surface area contributed by atoms with Crippen molar-refractivity contribution in [3.05, 3.63) is 49.0 Å². The number of hydrogen-bond acceptors (Lipinski definition) is 10. The smallest absolute Gasteiger partial charge is 0.304 e. The van der Waals surface area contributed by atoms with Crippen LogP contribution in [0.1, 0.15) is 13.3 Å². The Labute approximate surface area is 206 Å². The number of nitro benzene ring substituents is 2. The number of rotatable bonds is 9. The average Bonchev–Trinajstić information content (AvgIpc) is 2.78. The summed E-state index contributed by atoms with van der Waals surface area (Å²) in [5, 5.41) is 41.8. The number of nitrogens with zero attached hydrogens (tertiary/aromatic N) is 6. The lowest BCUT2D eigenvalue weighted by Crippen LogP contribution is -2.18. The van der Waals surface area contributed by atoms with Crippen molar-refractivity contribution >= 4 is 56.0 Å². The van der Waals surface area contributed by atoms with Gasteiger partial charge in [0.15, 0.2) is 5.69 Å². The summed E-state index contributed by atoms with van der Waals surface area (Å²) in [5.41, 5.74) is -0.839. The third kappa shape index (κ3) is 6.94. The minimum absolute atomic E-state index is 0. The molecule has 0 spiro atoms. The molecule has 0 aliphatic rings. The molecule has 0 saturated carbocycles. The van der Waals surface area contributed by atoms with Gasteiger partial charge < -0.3 is 15.5 Å². The zero-order valence-corrected chi connectivity index (χ0v) is 19.9. The van der Waals surface area contributed by atoms with Crippen LogP contribution >= 0.6 is 15.9 Å². The number of methoxy groups -OCH3 is 1. The molecule has 0 heterocycles. The van der Waals surface area contributed by atoms with Crippen molar-refractivity contribution < 1.29 is 24.9 Å². The van der Waals surface area contributed by atoms with Crippen molar-refractivity contribution in [2.24, 2.45) is 10.2 Å². The molecule has 14 nitrogen and oxygen atoms in total. The van der Waals surface area contributed by atoms with Gasteiger partial charge in [-0.1, -0.05) is 6.42 Å². The number of nitriles is 1. The van der Waals surface area contributed by atoms with Crippen LogP contribution in [0.5, 0.6) is 5.75 Å². The van der Waals surface area contributed by atoms with E-state index in [0.717, 1.165) is 12.1 Å². The van der Waals surface area contributed by atoms with E-state index in [0.29, 0.717) is 5.69 Å². The Morgan fingerprint density at radius 2 is 1.94 bits per heavy atom. The van der Waals surface area contributed by atoms with Crippen molar-refractivity contribution in [2.45, 2.75) is 13.3 Å². The lowest BCUT2D eigenvalue weighted by Gasteiger charge is -2.21. The third-order valence-corrected chi connectivity index (χ3v) is 4.80. The van der Waals surface area contributed by atoms with Gasteiger partial charge in [0.05, 0.1) is 51.4 Å². The summed E-state index contributed by atoms with van der Waals surface area (Å²) in [6.07, 6.45) is 5.68. The van der Waals surface area contributed by atoms with E-state index >= 15 is 0 Å². The molecule has 0 saturated heterocycles. The van der Waals surface area contributed by atoms with Gasteiger partial charge in [-0.05, 0) is 22.0 Å². The van der Waals surface area contributed by atoms with E-state index in [1.807, 2.05) is 6.07 Å². The Balaban J connectivity index is 0.00000612. The number of nitro groups is 2.